The van der Waals surface area contributed by atoms with E-state index < -0.39 is 0 Å². The van der Waals surface area contributed by atoms with E-state index in [2.05, 4.69) is 27.9 Å². The Balaban J connectivity index is 2.60. The first-order valence-electron chi connectivity index (χ1n) is 4.58. The Morgan fingerprint density at radius 2 is 2.27 bits per heavy atom. The number of carbonyl (C=O) groups is 1. The van der Waals surface area contributed by atoms with Gasteiger partial charge in [0.25, 0.3) is 0 Å². The SMILES string of the molecule is NCCCC(=O)Nc1ccc(I)cc1Cl. The van der Waals surface area contributed by atoms with E-state index in [9.17, 15) is 4.79 Å². The molecule has 0 atom stereocenters. The van der Waals surface area contributed by atoms with Gasteiger partial charge in [-0.2, -0.15) is 0 Å². The van der Waals surface area contributed by atoms with Crippen LogP contribution < -0.4 is 11.1 Å². The van der Waals surface area contributed by atoms with Gasteiger partial charge in [-0.05, 0) is 53.8 Å². The zero-order valence-electron chi connectivity index (χ0n) is 8.09. The molecule has 1 aromatic carbocycles. The van der Waals surface area contributed by atoms with Crippen LogP contribution in [0.5, 0.6) is 0 Å². The van der Waals surface area contributed by atoms with Crippen LogP contribution in [0, 0.1) is 3.57 Å². The van der Waals surface area contributed by atoms with E-state index in [4.69, 9.17) is 17.3 Å². The normalized spacial score (nSPS) is 10.1. The van der Waals surface area contributed by atoms with Gasteiger partial charge >= 0.3 is 0 Å². The number of anilines is 1. The van der Waals surface area contributed by atoms with Gasteiger partial charge in [-0.15, -0.1) is 0 Å². The number of hydrogen-bond donors (Lipinski definition) is 2. The van der Waals surface area contributed by atoms with Crippen LogP contribution in [0.4, 0.5) is 5.69 Å². The van der Waals surface area contributed by atoms with Gasteiger partial charge in [-0.1, -0.05) is 11.6 Å². The summed E-state index contributed by atoms with van der Waals surface area (Å²) in [5.41, 5.74) is 5.96. The van der Waals surface area contributed by atoms with Crippen molar-refractivity contribution in [1.82, 2.24) is 0 Å². The van der Waals surface area contributed by atoms with Crippen LogP contribution in [0.25, 0.3) is 0 Å². The van der Waals surface area contributed by atoms with Gasteiger partial charge in [0.05, 0.1) is 10.7 Å². The van der Waals surface area contributed by atoms with Crippen LogP contribution in [0.2, 0.25) is 5.02 Å². The summed E-state index contributed by atoms with van der Waals surface area (Å²) >= 11 is 8.13. The molecule has 0 unspecified atom stereocenters. The van der Waals surface area contributed by atoms with Crippen molar-refractivity contribution in [2.24, 2.45) is 5.73 Å². The maximum atomic E-state index is 11.4. The molecule has 0 aromatic heterocycles. The van der Waals surface area contributed by atoms with Crippen molar-refractivity contribution in [3.8, 4) is 0 Å². The van der Waals surface area contributed by atoms with Crippen molar-refractivity contribution in [2.75, 3.05) is 11.9 Å². The first-order valence-corrected chi connectivity index (χ1v) is 6.04. The zero-order chi connectivity index (χ0) is 11.3. The third-order valence-electron chi connectivity index (χ3n) is 1.81. The first-order chi connectivity index (χ1) is 7.13. The highest BCUT2D eigenvalue weighted by molar-refractivity contribution is 14.1. The molecular formula is C10H12ClIN2O. The molecule has 0 bridgehead atoms. The molecule has 0 aliphatic heterocycles. The highest BCUT2D eigenvalue weighted by atomic mass is 127. The molecule has 1 aromatic rings. The highest BCUT2D eigenvalue weighted by Crippen LogP contribution is 2.23. The molecule has 5 heteroatoms. The van der Waals surface area contributed by atoms with E-state index in [1.807, 2.05) is 6.07 Å². The van der Waals surface area contributed by atoms with Gasteiger partial charge in [0, 0.05) is 9.99 Å². The number of rotatable bonds is 4. The smallest absolute Gasteiger partial charge is 0.224 e. The first kappa shape index (κ1) is 12.7. The minimum Gasteiger partial charge on any atom is -0.330 e. The fourth-order valence-corrected chi connectivity index (χ4v) is 1.97. The number of nitrogens with two attached hydrogens (primary N) is 1. The van der Waals surface area contributed by atoms with Crippen molar-refractivity contribution < 1.29 is 4.79 Å². The largest absolute Gasteiger partial charge is 0.330 e. The van der Waals surface area contributed by atoms with Gasteiger partial charge in [0.15, 0.2) is 0 Å². The predicted molar refractivity (Wildman–Crippen MR) is 71.1 cm³/mol. The maximum absolute atomic E-state index is 11.4. The third kappa shape index (κ3) is 4.36. The van der Waals surface area contributed by atoms with Crippen molar-refractivity contribution >= 4 is 45.8 Å². The Morgan fingerprint density at radius 1 is 1.53 bits per heavy atom. The average Bonchev–Trinajstić information content (AvgIpc) is 2.19. The maximum Gasteiger partial charge on any atom is 0.224 e. The molecule has 0 radical (unpaired) electrons. The van der Waals surface area contributed by atoms with Crippen molar-refractivity contribution in [3.63, 3.8) is 0 Å². The van der Waals surface area contributed by atoms with Gasteiger partial charge < -0.3 is 11.1 Å². The van der Waals surface area contributed by atoms with Crippen LogP contribution in [0.1, 0.15) is 12.8 Å². The van der Waals surface area contributed by atoms with Crippen LogP contribution in [-0.2, 0) is 4.79 Å². The van der Waals surface area contributed by atoms with Gasteiger partial charge in [0.2, 0.25) is 5.91 Å². The molecule has 0 spiro atoms. The summed E-state index contributed by atoms with van der Waals surface area (Å²) in [5.74, 6) is -0.0523. The lowest BCUT2D eigenvalue weighted by atomic mass is 10.2. The molecule has 1 amide bonds. The Hall–Kier alpha value is -0.330. The van der Waals surface area contributed by atoms with E-state index in [-0.39, 0.29) is 5.91 Å². The monoisotopic (exact) mass is 338 g/mol. The minimum atomic E-state index is -0.0523. The van der Waals surface area contributed by atoms with Gasteiger partial charge in [-0.3, -0.25) is 4.79 Å². The number of hydrogen-bond acceptors (Lipinski definition) is 2. The topological polar surface area (TPSA) is 55.1 Å². The molecule has 0 heterocycles. The van der Waals surface area contributed by atoms with Gasteiger partial charge in [0.1, 0.15) is 0 Å². The fraction of sp³-hybridized carbons (Fsp3) is 0.300. The Bertz CT molecular complexity index is 357. The molecule has 1 rings (SSSR count). The lowest BCUT2D eigenvalue weighted by molar-refractivity contribution is -0.116. The van der Waals surface area contributed by atoms with E-state index in [0.29, 0.717) is 30.1 Å². The second-order valence-electron chi connectivity index (χ2n) is 3.06. The molecule has 0 saturated carbocycles. The molecule has 0 fully saturated rings. The zero-order valence-corrected chi connectivity index (χ0v) is 11.0. The summed E-state index contributed by atoms with van der Waals surface area (Å²) in [6, 6.07) is 5.50. The summed E-state index contributed by atoms with van der Waals surface area (Å²) in [7, 11) is 0. The van der Waals surface area contributed by atoms with E-state index in [0.717, 1.165) is 3.57 Å². The Morgan fingerprint density at radius 3 is 2.87 bits per heavy atom. The predicted octanol–water partition coefficient (Wildman–Crippen LogP) is 2.62. The molecule has 0 aliphatic carbocycles. The summed E-state index contributed by atoms with van der Waals surface area (Å²) in [6.45, 7) is 0.522. The average molecular weight is 339 g/mol. The Labute approximate surface area is 108 Å². The molecular weight excluding hydrogens is 326 g/mol. The van der Waals surface area contributed by atoms with E-state index in [1.165, 1.54) is 0 Å². The molecule has 3 N–H and O–H groups in total. The number of halogens is 2. The molecule has 0 saturated heterocycles. The second kappa shape index (κ2) is 6.30. The summed E-state index contributed by atoms with van der Waals surface area (Å²) in [5, 5.41) is 3.30. The lowest BCUT2D eigenvalue weighted by Gasteiger charge is -2.06. The fourth-order valence-electron chi connectivity index (χ4n) is 1.07. The van der Waals surface area contributed by atoms with Crippen molar-refractivity contribution in [3.05, 3.63) is 26.8 Å². The summed E-state index contributed by atoms with van der Waals surface area (Å²) < 4.78 is 1.04. The lowest BCUT2D eigenvalue weighted by Crippen LogP contribution is -2.13. The van der Waals surface area contributed by atoms with Crippen LogP contribution >= 0.6 is 34.2 Å². The quantitative estimate of drug-likeness (QED) is 0.829. The van der Waals surface area contributed by atoms with E-state index >= 15 is 0 Å². The van der Waals surface area contributed by atoms with Gasteiger partial charge in [-0.25, -0.2) is 0 Å². The summed E-state index contributed by atoms with van der Waals surface area (Å²) in [6.07, 6.45) is 1.12. The molecule has 15 heavy (non-hydrogen) atoms. The van der Waals surface area contributed by atoms with Crippen molar-refractivity contribution in [1.29, 1.82) is 0 Å². The Kier molecular flexibility index (Phi) is 5.35. The highest BCUT2D eigenvalue weighted by Gasteiger charge is 2.05. The minimum absolute atomic E-state index is 0.0523. The van der Waals surface area contributed by atoms with E-state index in [1.54, 1.807) is 12.1 Å². The second-order valence-corrected chi connectivity index (χ2v) is 4.72. The molecule has 82 valence electrons. The summed E-state index contributed by atoms with van der Waals surface area (Å²) in [4.78, 5) is 11.4. The standard InChI is InChI=1S/C10H12ClIN2O/c11-8-6-7(12)3-4-9(8)14-10(15)2-1-5-13/h3-4,6H,1-2,5,13H2,(H,14,15). The van der Waals surface area contributed by atoms with Crippen LogP contribution in [0.3, 0.4) is 0 Å². The van der Waals surface area contributed by atoms with Crippen LogP contribution in [0.15, 0.2) is 18.2 Å². The number of amides is 1. The molecule has 0 aliphatic rings. The van der Waals surface area contributed by atoms with Crippen molar-refractivity contribution in [2.45, 2.75) is 12.8 Å². The number of benzene rings is 1. The number of carbonyl (C=O) groups excluding carboxylic acids is 1. The number of nitrogens with one attached hydrogen (secondary N) is 1. The molecule has 3 nitrogen and oxygen atoms in total. The van der Waals surface area contributed by atoms with Crippen LogP contribution in [-0.4, -0.2) is 12.5 Å². The third-order valence-corrected chi connectivity index (χ3v) is 2.80.